The molecule has 0 atom stereocenters. The Morgan fingerprint density at radius 2 is 0.807 bits per heavy atom. The zero-order valence-corrected chi connectivity index (χ0v) is 31.0. The van der Waals surface area contributed by atoms with Crippen molar-refractivity contribution in [3.8, 4) is 67.3 Å². The van der Waals surface area contributed by atoms with Crippen LogP contribution >= 0.6 is 0 Å². The van der Waals surface area contributed by atoms with Crippen molar-refractivity contribution >= 4 is 5.69 Å². The maximum Gasteiger partial charge on any atom is 0.187 e. The van der Waals surface area contributed by atoms with Gasteiger partial charge in [-0.1, -0.05) is 200 Å². The predicted molar refractivity (Wildman–Crippen MR) is 233 cm³/mol. The molecule has 10 rings (SSSR count). The fourth-order valence-corrected chi connectivity index (χ4v) is 8.49. The van der Waals surface area contributed by atoms with E-state index in [9.17, 15) is 0 Å². The van der Waals surface area contributed by atoms with Crippen LogP contribution in [0.25, 0.3) is 72.1 Å². The summed E-state index contributed by atoms with van der Waals surface area (Å²) in [4.78, 5) is 14.0. The molecule has 1 aliphatic rings. The molecule has 3 heteroatoms. The van der Waals surface area contributed by atoms with Gasteiger partial charge in [-0.05, 0) is 67.8 Å². The van der Waals surface area contributed by atoms with Crippen LogP contribution in [0, 0.1) is 6.57 Å². The average molecular weight is 726 g/mol. The van der Waals surface area contributed by atoms with Crippen LogP contribution in [0.1, 0.15) is 22.3 Å². The first-order chi connectivity index (χ1) is 28.2. The normalized spacial score (nSPS) is 12.3. The van der Waals surface area contributed by atoms with Crippen molar-refractivity contribution in [1.82, 2.24) is 9.97 Å². The zero-order valence-electron chi connectivity index (χ0n) is 31.0. The highest BCUT2D eigenvalue weighted by Crippen LogP contribution is 2.57. The number of nitrogens with zero attached hydrogens (tertiary/aromatic N) is 3. The second-order valence-corrected chi connectivity index (χ2v) is 14.4. The lowest BCUT2D eigenvalue weighted by Crippen LogP contribution is -2.28. The fourth-order valence-electron chi connectivity index (χ4n) is 8.49. The van der Waals surface area contributed by atoms with E-state index in [0.29, 0.717) is 11.5 Å². The van der Waals surface area contributed by atoms with Gasteiger partial charge >= 0.3 is 0 Å². The second kappa shape index (κ2) is 14.2. The summed E-state index contributed by atoms with van der Waals surface area (Å²) < 4.78 is 0. The molecule has 9 aromatic rings. The average Bonchev–Trinajstić information content (AvgIpc) is 3.59. The van der Waals surface area contributed by atoms with E-state index >= 15 is 0 Å². The van der Waals surface area contributed by atoms with E-state index < -0.39 is 5.41 Å². The first kappa shape index (κ1) is 33.9. The number of aromatic nitrogens is 2. The summed E-state index contributed by atoms with van der Waals surface area (Å²) in [5, 5.41) is 0. The van der Waals surface area contributed by atoms with E-state index in [4.69, 9.17) is 16.5 Å². The molecule has 0 amide bonds. The van der Waals surface area contributed by atoms with Crippen LogP contribution in [-0.2, 0) is 5.41 Å². The van der Waals surface area contributed by atoms with Crippen molar-refractivity contribution in [2.45, 2.75) is 5.41 Å². The molecule has 8 aromatic carbocycles. The molecule has 0 spiro atoms. The molecule has 0 fully saturated rings. The van der Waals surface area contributed by atoms with Gasteiger partial charge in [0, 0.05) is 16.7 Å². The maximum absolute atomic E-state index is 7.90. The summed E-state index contributed by atoms with van der Waals surface area (Å²) in [6.45, 7) is 7.90. The Morgan fingerprint density at radius 1 is 0.351 bits per heavy atom. The summed E-state index contributed by atoms with van der Waals surface area (Å²) in [6, 6.07) is 74.5. The molecule has 266 valence electrons. The zero-order chi connectivity index (χ0) is 38.2. The van der Waals surface area contributed by atoms with Crippen molar-refractivity contribution < 1.29 is 0 Å². The van der Waals surface area contributed by atoms with Gasteiger partial charge in [0.05, 0.1) is 23.4 Å². The number of rotatable bonds is 7. The van der Waals surface area contributed by atoms with Crippen molar-refractivity contribution in [2.75, 3.05) is 0 Å². The lowest BCUT2D eigenvalue weighted by molar-refractivity contribution is 0.769. The largest absolute Gasteiger partial charge is 0.238 e. The van der Waals surface area contributed by atoms with Gasteiger partial charge in [0.25, 0.3) is 0 Å². The summed E-state index contributed by atoms with van der Waals surface area (Å²) in [6.07, 6.45) is 0. The molecule has 57 heavy (non-hydrogen) atoms. The predicted octanol–water partition coefficient (Wildman–Crippen LogP) is 13.7. The Balaban J connectivity index is 1.06. The number of hydrogen-bond acceptors (Lipinski definition) is 2. The Kier molecular flexibility index (Phi) is 8.43. The highest BCUT2D eigenvalue weighted by Gasteiger charge is 2.46. The van der Waals surface area contributed by atoms with E-state index in [1.807, 2.05) is 30.3 Å². The maximum atomic E-state index is 7.90. The molecule has 0 saturated carbocycles. The Hall–Kier alpha value is -7.67. The van der Waals surface area contributed by atoms with Gasteiger partial charge in [-0.25, -0.2) is 14.8 Å². The number of benzene rings is 8. The van der Waals surface area contributed by atoms with Crippen LogP contribution < -0.4 is 0 Å². The summed E-state index contributed by atoms with van der Waals surface area (Å²) in [5.74, 6) is 0.693. The lowest BCUT2D eigenvalue weighted by atomic mass is 9.67. The minimum Gasteiger partial charge on any atom is -0.238 e. The molecule has 1 aromatic heterocycles. The molecule has 0 bridgehead atoms. The molecule has 0 N–H and O–H groups in total. The molecular weight excluding hydrogens is 691 g/mol. The van der Waals surface area contributed by atoms with Gasteiger partial charge in [-0.2, -0.15) is 0 Å². The molecule has 1 heterocycles. The van der Waals surface area contributed by atoms with Crippen LogP contribution in [0.15, 0.2) is 212 Å². The fraction of sp³-hybridized carbons (Fsp3) is 0.0185. The van der Waals surface area contributed by atoms with Crippen molar-refractivity contribution in [1.29, 1.82) is 0 Å². The van der Waals surface area contributed by atoms with Crippen LogP contribution in [0.3, 0.4) is 0 Å². The molecule has 3 nitrogen and oxygen atoms in total. The smallest absolute Gasteiger partial charge is 0.187 e. The van der Waals surface area contributed by atoms with E-state index in [1.165, 1.54) is 33.4 Å². The third-order valence-corrected chi connectivity index (χ3v) is 11.2. The quantitative estimate of drug-likeness (QED) is 0.153. The third kappa shape index (κ3) is 5.92. The third-order valence-electron chi connectivity index (χ3n) is 11.2. The van der Waals surface area contributed by atoms with Crippen molar-refractivity contribution in [3.05, 3.63) is 246 Å². The molecule has 1 aliphatic carbocycles. The van der Waals surface area contributed by atoms with Gasteiger partial charge in [0.1, 0.15) is 0 Å². The first-order valence-corrected chi connectivity index (χ1v) is 19.2. The first-order valence-electron chi connectivity index (χ1n) is 19.2. The van der Waals surface area contributed by atoms with Crippen LogP contribution in [0.4, 0.5) is 5.69 Å². The molecule has 0 aliphatic heterocycles. The highest BCUT2D eigenvalue weighted by molar-refractivity contribution is 5.90. The minimum atomic E-state index is -0.556. The lowest BCUT2D eigenvalue weighted by Gasteiger charge is -2.34. The Labute approximate surface area is 333 Å². The molecular formula is C54H35N3. The molecule has 0 unspecified atom stereocenters. The van der Waals surface area contributed by atoms with E-state index in [1.54, 1.807) is 0 Å². The van der Waals surface area contributed by atoms with Gasteiger partial charge in [0.15, 0.2) is 11.5 Å². The molecule has 0 radical (unpaired) electrons. The Morgan fingerprint density at radius 3 is 1.35 bits per heavy atom. The standard InChI is InChI=1S/C54H35N3/c1-55-46-31-32-47-48-34-43(30-33-49(48)54(50(47)35-46,44-18-10-4-11-19-44)45-20-12-5-13-21-45)39-24-28-41(29-25-39)52-36-51(56-53(57-52)42-16-8-3-9-17-42)40-26-22-38(23-27-40)37-14-6-2-7-15-37/h2-36H. The summed E-state index contributed by atoms with van der Waals surface area (Å²) in [7, 11) is 0. The van der Waals surface area contributed by atoms with Gasteiger partial charge < -0.3 is 0 Å². The number of hydrogen-bond donors (Lipinski definition) is 0. The van der Waals surface area contributed by atoms with Gasteiger partial charge in [-0.3, -0.25) is 0 Å². The Bertz CT molecular complexity index is 2880. The van der Waals surface area contributed by atoms with Crippen LogP contribution in [0.2, 0.25) is 0 Å². The second-order valence-electron chi connectivity index (χ2n) is 14.4. The van der Waals surface area contributed by atoms with Crippen molar-refractivity contribution in [2.24, 2.45) is 0 Å². The summed E-state index contributed by atoms with van der Waals surface area (Å²) >= 11 is 0. The van der Waals surface area contributed by atoms with E-state index in [-0.39, 0.29) is 0 Å². The highest BCUT2D eigenvalue weighted by atomic mass is 14.9. The topological polar surface area (TPSA) is 30.1 Å². The van der Waals surface area contributed by atoms with Crippen molar-refractivity contribution in [3.63, 3.8) is 0 Å². The van der Waals surface area contributed by atoms with Gasteiger partial charge in [0.2, 0.25) is 0 Å². The van der Waals surface area contributed by atoms with E-state index in [2.05, 4.69) is 187 Å². The monoisotopic (exact) mass is 725 g/mol. The van der Waals surface area contributed by atoms with E-state index in [0.717, 1.165) is 50.3 Å². The molecule has 0 saturated heterocycles. The summed E-state index contributed by atoms with van der Waals surface area (Å²) in [5.41, 5.74) is 16.5. The van der Waals surface area contributed by atoms with Gasteiger partial charge in [-0.15, -0.1) is 0 Å². The number of fused-ring (bicyclic) bond motifs is 3. The minimum absolute atomic E-state index is 0.556. The van der Waals surface area contributed by atoms with Crippen LogP contribution in [-0.4, -0.2) is 9.97 Å². The van der Waals surface area contributed by atoms with Crippen LogP contribution in [0.5, 0.6) is 0 Å². The SMILES string of the molecule is [C-]#[N+]c1ccc2c(c1)C(c1ccccc1)(c1ccccc1)c1ccc(-c3ccc(-c4cc(-c5ccc(-c6ccccc6)cc5)nc(-c5ccccc5)n4)cc3)cc1-2.